The Morgan fingerprint density at radius 1 is 1.24 bits per heavy atom. The van der Waals surface area contributed by atoms with Crippen LogP contribution in [-0.4, -0.2) is 25.1 Å². The van der Waals surface area contributed by atoms with Gasteiger partial charge in [0.1, 0.15) is 5.65 Å². The van der Waals surface area contributed by atoms with Crippen molar-refractivity contribution in [1.29, 1.82) is 5.26 Å². The van der Waals surface area contributed by atoms with Crippen molar-refractivity contribution >= 4 is 17.4 Å². The molecule has 0 spiro atoms. The smallest absolute Gasteiger partial charge is 0.228 e. The van der Waals surface area contributed by atoms with Crippen LogP contribution in [-0.2, 0) is 4.79 Å². The maximum Gasteiger partial charge on any atom is 0.228 e. The number of pyridine rings is 1. The van der Waals surface area contributed by atoms with E-state index in [1.54, 1.807) is 0 Å². The molecule has 1 amide bonds. The van der Waals surface area contributed by atoms with Gasteiger partial charge in [-0.15, -0.1) is 0 Å². The number of nitriles is 1. The van der Waals surface area contributed by atoms with E-state index in [0.717, 1.165) is 29.7 Å². The zero-order chi connectivity index (χ0) is 19.8. The fourth-order valence-electron chi connectivity index (χ4n) is 4.44. The molecule has 7 nitrogen and oxygen atoms in total. The molecule has 3 aromatic rings. The fourth-order valence-corrected chi connectivity index (χ4v) is 4.44. The zero-order valence-electron chi connectivity index (χ0n) is 16.3. The Balaban J connectivity index is 1.45. The summed E-state index contributed by atoms with van der Waals surface area (Å²) in [5.74, 6) is 1.30. The van der Waals surface area contributed by atoms with E-state index in [0.29, 0.717) is 18.2 Å². The summed E-state index contributed by atoms with van der Waals surface area (Å²) in [4.78, 5) is 16.6. The molecule has 2 aliphatic carbocycles. The molecule has 1 N–H and O–H groups in total. The first kappa shape index (κ1) is 17.9. The highest BCUT2D eigenvalue weighted by molar-refractivity contribution is 5.93. The molecule has 0 bridgehead atoms. The van der Waals surface area contributed by atoms with Crippen molar-refractivity contribution in [2.45, 2.75) is 51.0 Å². The maximum absolute atomic E-state index is 12.1. The van der Waals surface area contributed by atoms with Crippen LogP contribution < -0.4 is 5.32 Å². The van der Waals surface area contributed by atoms with E-state index in [4.69, 9.17) is 0 Å². The summed E-state index contributed by atoms with van der Waals surface area (Å²) in [7, 11) is 0. The number of rotatable bonds is 6. The Morgan fingerprint density at radius 3 is 2.83 bits per heavy atom. The summed E-state index contributed by atoms with van der Waals surface area (Å²) in [6.45, 7) is 0. The average molecular weight is 388 g/mol. The molecule has 2 aliphatic rings. The molecule has 0 aromatic carbocycles. The van der Waals surface area contributed by atoms with Crippen LogP contribution in [0.1, 0.15) is 51.0 Å². The lowest BCUT2D eigenvalue weighted by Crippen LogP contribution is -2.17. The van der Waals surface area contributed by atoms with Gasteiger partial charge in [0.05, 0.1) is 36.6 Å². The van der Waals surface area contributed by atoms with E-state index in [1.807, 2.05) is 45.9 Å². The van der Waals surface area contributed by atoms with Crippen LogP contribution in [0.3, 0.4) is 0 Å². The second-order valence-corrected chi connectivity index (χ2v) is 8.21. The van der Waals surface area contributed by atoms with Gasteiger partial charge in [-0.2, -0.15) is 10.4 Å². The van der Waals surface area contributed by atoms with E-state index in [1.165, 1.54) is 25.7 Å². The van der Waals surface area contributed by atoms with Gasteiger partial charge in [-0.05, 0) is 43.7 Å². The molecule has 3 heterocycles. The number of aromatic nitrogens is 4. The lowest BCUT2D eigenvalue weighted by atomic mass is 9.96. The van der Waals surface area contributed by atoms with Crippen molar-refractivity contribution in [2.75, 3.05) is 5.32 Å². The molecule has 2 saturated carbocycles. The van der Waals surface area contributed by atoms with Gasteiger partial charge in [-0.1, -0.05) is 18.9 Å². The minimum atomic E-state index is 0.0543. The number of hydrogen-bond acceptors (Lipinski definition) is 4. The second-order valence-electron chi connectivity index (χ2n) is 8.21. The summed E-state index contributed by atoms with van der Waals surface area (Å²) in [5.41, 5.74) is 2.73. The van der Waals surface area contributed by atoms with Gasteiger partial charge < -0.3 is 5.32 Å². The third-order valence-corrected chi connectivity index (χ3v) is 6.17. The number of nitrogens with zero attached hydrogens (tertiary/aromatic N) is 5. The van der Waals surface area contributed by atoms with Crippen LogP contribution in [0, 0.1) is 23.2 Å². The normalized spacial score (nSPS) is 18.0. The van der Waals surface area contributed by atoms with E-state index in [2.05, 4.69) is 21.5 Å². The number of carbonyl (C=O) groups is 1. The van der Waals surface area contributed by atoms with Crippen LogP contribution in [0.4, 0.5) is 5.82 Å². The summed E-state index contributed by atoms with van der Waals surface area (Å²) < 4.78 is 3.96. The number of amides is 1. The molecule has 0 radical (unpaired) electrons. The molecule has 29 heavy (non-hydrogen) atoms. The quantitative estimate of drug-likeness (QED) is 0.686. The summed E-state index contributed by atoms with van der Waals surface area (Å²) in [6.07, 6.45) is 13.0. The molecular weight excluding hydrogens is 364 g/mol. The number of hydrogen-bond donors (Lipinski definition) is 1. The molecular formula is C22H24N6O. The van der Waals surface area contributed by atoms with Crippen LogP contribution in [0.2, 0.25) is 0 Å². The lowest BCUT2D eigenvalue weighted by Gasteiger charge is -2.21. The van der Waals surface area contributed by atoms with E-state index < -0.39 is 0 Å². The molecule has 1 unspecified atom stereocenters. The number of imidazole rings is 1. The third kappa shape index (κ3) is 3.51. The fraction of sp³-hybridized carbons (Fsp3) is 0.455. The highest BCUT2D eigenvalue weighted by Gasteiger charge is 2.30. The maximum atomic E-state index is 12.1. The predicted molar refractivity (Wildman–Crippen MR) is 109 cm³/mol. The van der Waals surface area contributed by atoms with Gasteiger partial charge >= 0.3 is 0 Å². The molecule has 7 heteroatoms. The molecule has 5 rings (SSSR count). The lowest BCUT2D eigenvalue weighted by molar-refractivity contribution is -0.117. The van der Waals surface area contributed by atoms with Crippen molar-refractivity contribution in [3.63, 3.8) is 0 Å². The van der Waals surface area contributed by atoms with Crippen LogP contribution >= 0.6 is 0 Å². The minimum Gasteiger partial charge on any atom is -0.309 e. The van der Waals surface area contributed by atoms with E-state index in [-0.39, 0.29) is 17.9 Å². The van der Waals surface area contributed by atoms with Crippen molar-refractivity contribution in [1.82, 2.24) is 19.2 Å². The molecule has 0 saturated heterocycles. The first-order chi connectivity index (χ1) is 14.2. The zero-order valence-corrected chi connectivity index (χ0v) is 16.3. The number of nitrogens with one attached hydrogen (secondary N) is 1. The monoisotopic (exact) mass is 388 g/mol. The largest absolute Gasteiger partial charge is 0.309 e. The first-order valence-electron chi connectivity index (χ1n) is 10.4. The summed E-state index contributed by atoms with van der Waals surface area (Å²) in [6, 6.07) is 8.39. The van der Waals surface area contributed by atoms with E-state index >= 15 is 0 Å². The van der Waals surface area contributed by atoms with Gasteiger partial charge in [-0.25, -0.2) is 4.98 Å². The van der Waals surface area contributed by atoms with Crippen LogP contribution in [0.5, 0.6) is 0 Å². The van der Waals surface area contributed by atoms with Gasteiger partial charge in [-0.3, -0.25) is 13.9 Å². The average Bonchev–Trinajstić information content (AvgIpc) is 3.11. The Labute approximate surface area is 169 Å². The molecule has 148 valence electrons. The summed E-state index contributed by atoms with van der Waals surface area (Å²) >= 11 is 0. The second kappa shape index (κ2) is 7.36. The van der Waals surface area contributed by atoms with Crippen molar-refractivity contribution in [3.8, 4) is 17.3 Å². The molecule has 0 aliphatic heterocycles. The number of fused-ring (bicyclic) bond motifs is 1. The van der Waals surface area contributed by atoms with Crippen LogP contribution in [0.15, 0.2) is 36.8 Å². The Morgan fingerprint density at radius 2 is 2.07 bits per heavy atom. The van der Waals surface area contributed by atoms with Gasteiger partial charge in [0, 0.05) is 17.7 Å². The number of carbonyl (C=O) groups excluding carboxylic acids is 1. The Hall–Kier alpha value is -3.14. The standard InChI is InChI=1S/C22H24N6O/c23-11-10-19(15-4-1-2-5-15)28-13-17(12-24-28)18-6-3-7-21-25-20(14-27(18)21)26-22(29)16-8-9-16/h3,6-7,12-16,19H,1-2,4-5,8-10H2,(H,26,29). The number of anilines is 1. The van der Waals surface area contributed by atoms with Crippen molar-refractivity contribution < 1.29 is 4.79 Å². The molecule has 3 aromatic heterocycles. The third-order valence-electron chi connectivity index (χ3n) is 6.17. The van der Waals surface area contributed by atoms with E-state index in [9.17, 15) is 10.1 Å². The SMILES string of the molecule is N#CCC(C1CCCC1)n1cc(-c2cccc3nc(NC(=O)C4CC4)cn23)cn1. The van der Waals surface area contributed by atoms with Gasteiger partial charge in [0.25, 0.3) is 0 Å². The van der Waals surface area contributed by atoms with Crippen molar-refractivity contribution in [3.05, 3.63) is 36.8 Å². The Kier molecular flexibility index (Phi) is 4.55. The Bertz CT molecular complexity index is 1080. The first-order valence-corrected chi connectivity index (χ1v) is 10.4. The predicted octanol–water partition coefficient (Wildman–Crippen LogP) is 4.19. The highest BCUT2D eigenvalue weighted by Crippen LogP contribution is 2.36. The van der Waals surface area contributed by atoms with Crippen molar-refractivity contribution in [2.24, 2.45) is 11.8 Å². The van der Waals surface area contributed by atoms with Gasteiger partial charge in [0.15, 0.2) is 5.82 Å². The highest BCUT2D eigenvalue weighted by atomic mass is 16.2. The molecule has 1 atom stereocenters. The van der Waals surface area contributed by atoms with Gasteiger partial charge in [0.2, 0.25) is 5.91 Å². The van der Waals surface area contributed by atoms with Crippen LogP contribution in [0.25, 0.3) is 16.9 Å². The molecule has 2 fully saturated rings. The minimum absolute atomic E-state index is 0.0543. The summed E-state index contributed by atoms with van der Waals surface area (Å²) in [5, 5.41) is 16.8. The topological polar surface area (TPSA) is 88.0 Å².